The van der Waals surface area contributed by atoms with E-state index in [-0.39, 0.29) is 23.7 Å². The minimum Gasteiger partial charge on any atom is -0.756 e. The number of aliphatic hydroxyl groups is 2. The van der Waals surface area contributed by atoms with Crippen molar-refractivity contribution in [2.45, 2.75) is 31.1 Å². The first kappa shape index (κ1) is 22.8. The van der Waals surface area contributed by atoms with Crippen molar-refractivity contribution in [1.82, 2.24) is 14.5 Å². The predicted molar refractivity (Wildman–Crippen MR) is 107 cm³/mol. The Labute approximate surface area is 184 Å². The molecule has 0 aliphatic carbocycles. The number of aromatic amines is 1. The number of nitrogens with zero attached hydrogens (tertiary/aromatic N) is 3. The van der Waals surface area contributed by atoms with E-state index in [1.807, 2.05) is 0 Å². The van der Waals surface area contributed by atoms with Crippen molar-refractivity contribution in [3.05, 3.63) is 51.5 Å². The van der Waals surface area contributed by atoms with E-state index in [2.05, 4.69) is 14.5 Å². The number of rotatable bonds is 6. The van der Waals surface area contributed by atoms with Gasteiger partial charge >= 0.3 is 5.65 Å². The minimum absolute atomic E-state index is 0.0489. The lowest BCUT2D eigenvalue weighted by atomic mass is 10.1. The molecule has 0 radical (unpaired) electrons. The molecule has 1 aliphatic rings. The molecule has 0 spiro atoms. The Kier molecular flexibility index (Phi) is 6.09. The molecule has 0 bridgehead atoms. The van der Waals surface area contributed by atoms with E-state index in [1.54, 1.807) is 24.3 Å². The molecular formula is C17H19ClN5O8P. The highest BCUT2D eigenvalue weighted by Crippen LogP contribution is 2.34. The Morgan fingerprint density at radius 1 is 1.38 bits per heavy atom. The van der Waals surface area contributed by atoms with Crippen LogP contribution in [-0.2, 0) is 20.4 Å². The number of ether oxygens (including phenoxy) is 1. The van der Waals surface area contributed by atoms with Gasteiger partial charge in [-0.05, 0) is 6.07 Å². The number of aromatic nitrogens is 4. The lowest BCUT2D eigenvalue weighted by Crippen LogP contribution is -2.46. The Morgan fingerprint density at radius 2 is 2.09 bits per heavy atom. The molecule has 1 aliphatic heterocycles. The molecular weight excluding hydrogens is 469 g/mol. The number of H-pyrrole nitrogens is 1. The molecule has 4 rings (SSSR count). The van der Waals surface area contributed by atoms with E-state index in [1.165, 1.54) is 15.5 Å². The van der Waals surface area contributed by atoms with E-state index in [0.29, 0.717) is 10.6 Å². The second kappa shape index (κ2) is 8.54. The van der Waals surface area contributed by atoms with E-state index in [0.717, 1.165) is 0 Å². The van der Waals surface area contributed by atoms with Gasteiger partial charge in [-0.25, -0.2) is 4.57 Å². The molecule has 32 heavy (non-hydrogen) atoms. The Bertz CT molecular complexity index is 1260. The summed E-state index contributed by atoms with van der Waals surface area (Å²) in [7, 11) is -5.07. The third-order valence-electron chi connectivity index (χ3n) is 5.00. The van der Waals surface area contributed by atoms with Gasteiger partial charge in [-0.1, -0.05) is 34.8 Å². The quantitative estimate of drug-likeness (QED) is 0.199. The minimum atomic E-state index is -5.07. The van der Waals surface area contributed by atoms with Crippen molar-refractivity contribution < 1.29 is 38.4 Å². The van der Waals surface area contributed by atoms with Gasteiger partial charge in [0.1, 0.15) is 18.3 Å². The molecule has 1 aromatic carbocycles. The SMILES string of the molecule is Nc1nc2c(c(=O)[nH]1)n(Cc1ccccc1Cl)c[n+]2[C@@H]1O[C@H](COP(=O)([O-])O)[C@@H](O)[C@H]1O. The van der Waals surface area contributed by atoms with Gasteiger partial charge in [0, 0.05) is 10.6 Å². The Morgan fingerprint density at radius 3 is 2.78 bits per heavy atom. The summed E-state index contributed by atoms with van der Waals surface area (Å²) in [5.41, 5.74) is 5.98. The topological polar surface area (TPSA) is 200 Å². The van der Waals surface area contributed by atoms with Crippen LogP contribution in [0, 0.1) is 0 Å². The fourth-order valence-electron chi connectivity index (χ4n) is 3.55. The number of phosphoric acid groups is 1. The fraction of sp³-hybridized carbons (Fsp3) is 0.353. The van der Waals surface area contributed by atoms with Gasteiger partial charge in [-0.15, -0.1) is 0 Å². The molecule has 1 unspecified atom stereocenters. The van der Waals surface area contributed by atoms with Gasteiger partial charge in [0.2, 0.25) is 11.7 Å². The van der Waals surface area contributed by atoms with Crippen LogP contribution in [0.3, 0.4) is 0 Å². The third kappa shape index (κ3) is 4.42. The maximum atomic E-state index is 12.6. The number of nitrogens with two attached hydrogens (primary N) is 1. The Balaban J connectivity index is 1.75. The standard InChI is InChI=1S/C17H19ClN5O8P/c18-9-4-2-1-3-8(9)5-22-7-23(14-11(22)15(26)21-17(19)20-14)16-13(25)12(24)10(31-16)6-30-32(27,28)29/h1-4,7,10,12-13,16,24-25H,5-6H2,(H4-,19,20,21,26,27,28,29)/t10-,12-,13-,16-/m1/s1. The highest BCUT2D eigenvalue weighted by molar-refractivity contribution is 7.44. The maximum absolute atomic E-state index is 12.6. The molecule has 15 heteroatoms. The number of hydrogen-bond acceptors (Lipinski definition) is 9. The third-order valence-corrected chi connectivity index (χ3v) is 5.85. The van der Waals surface area contributed by atoms with Crippen molar-refractivity contribution in [3.8, 4) is 0 Å². The molecule has 1 saturated heterocycles. The van der Waals surface area contributed by atoms with Gasteiger partial charge < -0.3 is 35.0 Å². The zero-order valence-electron chi connectivity index (χ0n) is 16.2. The van der Waals surface area contributed by atoms with Gasteiger partial charge in [0.15, 0.2) is 6.33 Å². The van der Waals surface area contributed by atoms with Crippen LogP contribution in [0.15, 0.2) is 35.4 Å². The summed E-state index contributed by atoms with van der Waals surface area (Å²) < 4.78 is 23.5. The van der Waals surface area contributed by atoms with Crippen LogP contribution in [-0.4, -0.2) is 54.6 Å². The number of aliphatic hydroxyl groups excluding tert-OH is 2. The van der Waals surface area contributed by atoms with E-state index >= 15 is 0 Å². The van der Waals surface area contributed by atoms with Crippen LogP contribution in [0.25, 0.3) is 11.2 Å². The van der Waals surface area contributed by atoms with Crippen LogP contribution in [0.4, 0.5) is 5.95 Å². The largest absolute Gasteiger partial charge is 0.756 e. The van der Waals surface area contributed by atoms with Crippen molar-refractivity contribution in [1.29, 1.82) is 0 Å². The number of imidazole rings is 1. The first-order valence-corrected chi connectivity index (χ1v) is 11.2. The fourth-order valence-corrected chi connectivity index (χ4v) is 4.08. The lowest BCUT2D eigenvalue weighted by molar-refractivity contribution is -0.745. The number of anilines is 1. The first-order chi connectivity index (χ1) is 15.0. The predicted octanol–water partition coefficient (Wildman–Crippen LogP) is -1.61. The molecule has 6 N–H and O–H groups in total. The highest BCUT2D eigenvalue weighted by atomic mass is 35.5. The summed E-state index contributed by atoms with van der Waals surface area (Å²) in [6, 6.07) is 7.00. The number of phosphoric ester groups is 1. The number of halogens is 1. The zero-order chi connectivity index (χ0) is 23.2. The molecule has 3 aromatic rings. The lowest BCUT2D eigenvalue weighted by Gasteiger charge is -2.19. The number of hydrogen-bond donors (Lipinski definition) is 5. The summed E-state index contributed by atoms with van der Waals surface area (Å²) in [5, 5.41) is 21.3. The van der Waals surface area contributed by atoms with Crippen LogP contribution in [0.2, 0.25) is 5.02 Å². The zero-order valence-corrected chi connectivity index (χ0v) is 17.9. The molecule has 5 atom stereocenters. The van der Waals surface area contributed by atoms with Crippen molar-refractivity contribution in [2.75, 3.05) is 12.3 Å². The summed E-state index contributed by atoms with van der Waals surface area (Å²) in [5.74, 6) is -0.188. The monoisotopic (exact) mass is 487 g/mol. The van der Waals surface area contributed by atoms with Gasteiger partial charge in [-0.2, -0.15) is 0 Å². The molecule has 0 saturated carbocycles. The average molecular weight is 488 g/mol. The number of nitrogen functional groups attached to an aromatic ring is 1. The second-order valence-corrected chi connectivity index (χ2v) is 8.78. The number of fused-ring (bicyclic) bond motifs is 1. The second-order valence-electron chi connectivity index (χ2n) is 7.18. The molecule has 13 nitrogen and oxygen atoms in total. The van der Waals surface area contributed by atoms with Crippen LogP contribution >= 0.6 is 19.4 Å². The summed E-state index contributed by atoms with van der Waals surface area (Å²) >= 11 is 6.24. The smallest absolute Gasteiger partial charge is 0.313 e. The van der Waals surface area contributed by atoms with Gasteiger partial charge in [-0.3, -0.25) is 18.9 Å². The first-order valence-electron chi connectivity index (χ1n) is 9.28. The van der Waals surface area contributed by atoms with Crippen molar-refractivity contribution in [3.63, 3.8) is 0 Å². The van der Waals surface area contributed by atoms with E-state index in [9.17, 15) is 24.5 Å². The highest BCUT2D eigenvalue weighted by Gasteiger charge is 2.47. The summed E-state index contributed by atoms with van der Waals surface area (Å²) in [6.45, 7) is -0.569. The average Bonchev–Trinajstić information content (AvgIpc) is 3.19. The Hall–Kier alpha value is -2.35. The van der Waals surface area contributed by atoms with Crippen molar-refractivity contribution in [2.24, 2.45) is 0 Å². The molecule has 3 heterocycles. The molecule has 2 aromatic heterocycles. The maximum Gasteiger partial charge on any atom is 0.313 e. The number of nitrogens with one attached hydrogen (secondary N) is 1. The number of benzene rings is 1. The van der Waals surface area contributed by atoms with Crippen molar-refractivity contribution >= 4 is 36.5 Å². The van der Waals surface area contributed by atoms with Gasteiger partial charge in [0.25, 0.3) is 19.3 Å². The van der Waals surface area contributed by atoms with E-state index in [4.69, 9.17) is 27.0 Å². The van der Waals surface area contributed by atoms with Crippen LogP contribution in [0.5, 0.6) is 0 Å². The van der Waals surface area contributed by atoms with Gasteiger partial charge in [0.05, 0.1) is 13.2 Å². The van der Waals surface area contributed by atoms with Crippen LogP contribution in [0.1, 0.15) is 11.8 Å². The van der Waals surface area contributed by atoms with Crippen LogP contribution < -0.4 is 20.8 Å². The molecule has 1 fully saturated rings. The summed E-state index contributed by atoms with van der Waals surface area (Å²) in [6.07, 6.45) is -4.23. The molecule has 172 valence electrons. The summed E-state index contributed by atoms with van der Waals surface area (Å²) in [4.78, 5) is 38.8. The molecule has 0 amide bonds. The normalized spacial score (nSPS) is 25.3. The van der Waals surface area contributed by atoms with E-state index < -0.39 is 44.5 Å².